The standard InChI is InChI=1S/C15H15N3OS/c1-19-13-7-4-6-12-14(13)17-15(20)18(12)10-8-11-5-2-3-9-16-11/h2-7,9H,8,10H2,1H3,(H,17,20). The maximum Gasteiger partial charge on any atom is 0.178 e. The Balaban J connectivity index is 1.96. The van der Waals surface area contributed by atoms with E-state index in [2.05, 4.69) is 14.5 Å². The van der Waals surface area contributed by atoms with Crippen molar-refractivity contribution in [3.8, 4) is 5.75 Å². The van der Waals surface area contributed by atoms with Crippen molar-refractivity contribution in [1.82, 2.24) is 14.5 Å². The molecule has 0 unspecified atom stereocenters. The molecule has 0 atom stereocenters. The third-order valence-electron chi connectivity index (χ3n) is 3.31. The molecule has 20 heavy (non-hydrogen) atoms. The van der Waals surface area contributed by atoms with E-state index in [0.29, 0.717) is 4.77 Å². The summed E-state index contributed by atoms with van der Waals surface area (Å²) in [7, 11) is 1.66. The van der Waals surface area contributed by atoms with E-state index in [1.165, 1.54) is 0 Å². The Morgan fingerprint density at radius 1 is 1.25 bits per heavy atom. The number of methoxy groups -OCH3 is 1. The van der Waals surface area contributed by atoms with Crippen molar-refractivity contribution < 1.29 is 4.74 Å². The average molecular weight is 285 g/mol. The summed E-state index contributed by atoms with van der Waals surface area (Å²) in [4.78, 5) is 7.55. The predicted octanol–water partition coefficient (Wildman–Crippen LogP) is 3.35. The van der Waals surface area contributed by atoms with E-state index in [9.17, 15) is 0 Å². The number of hydrogen-bond acceptors (Lipinski definition) is 3. The van der Waals surface area contributed by atoms with E-state index in [4.69, 9.17) is 17.0 Å². The molecule has 0 saturated heterocycles. The highest BCUT2D eigenvalue weighted by Gasteiger charge is 2.08. The van der Waals surface area contributed by atoms with Crippen molar-refractivity contribution in [3.05, 3.63) is 53.1 Å². The monoisotopic (exact) mass is 285 g/mol. The molecule has 5 heteroatoms. The molecule has 0 radical (unpaired) electrons. The zero-order valence-corrected chi connectivity index (χ0v) is 12.0. The number of nitrogens with zero attached hydrogens (tertiary/aromatic N) is 2. The first kappa shape index (κ1) is 12.9. The van der Waals surface area contributed by atoms with E-state index in [0.717, 1.165) is 35.4 Å². The van der Waals surface area contributed by atoms with Gasteiger partial charge in [-0.1, -0.05) is 12.1 Å². The minimum absolute atomic E-state index is 0.709. The van der Waals surface area contributed by atoms with Crippen LogP contribution in [0.15, 0.2) is 42.6 Å². The Morgan fingerprint density at radius 2 is 2.15 bits per heavy atom. The lowest BCUT2D eigenvalue weighted by Gasteiger charge is -2.05. The lowest BCUT2D eigenvalue weighted by Crippen LogP contribution is -2.02. The molecule has 0 aliphatic rings. The maximum atomic E-state index is 5.41. The van der Waals surface area contributed by atoms with Crippen LogP contribution in [0.2, 0.25) is 0 Å². The molecule has 4 nitrogen and oxygen atoms in total. The SMILES string of the molecule is COc1cccc2c1[nH]c(=S)n2CCc1ccccn1. The van der Waals surface area contributed by atoms with Crippen LogP contribution in [0, 0.1) is 4.77 Å². The van der Waals surface area contributed by atoms with Crippen LogP contribution >= 0.6 is 12.2 Å². The van der Waals surface area contributed by atoms with Crippen LogP contribution in [-0.2, 0) is 13.0 Å². The summed E-state index contributed by atoms with van der Waals surface area (Å²) < 4.78 is 8.15. The number of rotatable bonds is 4. The molecular formula is C15H15N3OS. The van der Waals surface area contributed by atoms with Gasteiger partial charge in [0.05, 0.1) is 12.6 Å². The van der Waals surface area contributed by atoms with Crippen LogP contribution in [0.5, 0.6) is 5.75 Å². The maximum absolute atomic E-state index is 5.41. The zero-order chi connectivity index (χ0) is 13.9. The Labute approximate surface area is 122 Å². The Morgan fingerprint density at radius 3 is 2.90 bits per heavy atom. The molecule has 0 bridgehead atoms. The minimum atomic E-state index is 0.709. The average Bonchev–Trinajstić information content (AvgIpc) is 2.81. The second-order valence-electron chi connectivity index (χ2n) is 4.51. The predicted molar refractivity (Wildman–Crippen MR) is 81.6 cm³/mol. The third kappa shape index (κ3) is 2.32. The van der Waals surface area contributed by atoms with Gasteiger partial charge in [-0.15, -0.1) is 0 Å². The summed E-state index contributed by atoms with van der Waals surface area (Å²) in [5, 5.41) is 0. The van der Waals surface area contributed by atoms with Crippen LogP contribution in [0.4, 0.5) is 0 Å². The molecule has 2 aromatic heterocycles. The fraction of sp³-hybridized carbons (Fsp3) is 0.200. The van der Waals surface area contributed by atoms with Gasteiger partial charge in [-0.3, -0.25) is 4.98 Å². The van der Waals surface area contributed by atoms with E-state index in [-0.39, 0.29) is 0 Å². The van der Waals surface area contributed by atoms with Crippen molar-refractivity contribution in [2.45, 2.75) is 13.0 Å². The number of H-pyrrole nitrogens is 1. The second kappa shape index (κ2) is 5.46. The highest BCUT2D eigenvalue weighted by Crippen LogP contribution is 2.24. The Bertz CT molecular complexity index is 777. The van der Waals surface area contributed by atoms with Crippen LogP contribution < -0.4 is 4.74 Å². The van der Waals surface area contributed by atoms with Gasteiger partial charge in [0.15, 0.2) is 4.77 Å². The number of pyridine rings is 1. The molecule has 3 aromatic rings. The van der Waals surface area contributed by atoms with Gasteiger partial charge in [-0.25, -0.2) is 0 Å². The smallest absolute Gasteiger partial charge is 0.178 e. The highest BCUT2D eigenvalue weighted by atomic mass is 32.1. The van der Waals surface area contributed by atoms with Crippen LogP contribution in [0.25, 0.3) is 11.0 Å². The van der Waals surface area contributed by atoms with Crippen LogP contribution in [0.3, 0.4) is 0 Å². The van der Waals surface area contributed by atoms with Gasteiger partial charge in [0.1, 0.15) is 11.3 Å². The van der Waals surface area contributed by atoms with Gasteiger partial charge in [0.2, 0.25) is 0 Å². The van der Waals surface area contributed by atoms with Crippen molar-refractivity contribution >= 4 is 23.3 Å². The Hall–Kier alpha value is -2.14. The third-order valence-corrected chi connectivity index (χ3v) is 3.63. The molecule has 0 saturated carbocycles. The number of hydrogen-bond donors (Lipinski definition) is 1. The number of aromatic amines is 1. The largest absolute Gasteiger partial charge is 0.494 e. The minimum Gasteiger partial charge on any atom is -0.494 e. The number of benzene rings is 1. The van der Waals surface area contributed by atoms with Gasteiger partial charge in [-0.2, -0.15) is 0 Å². The number of fused-ring (bicyclic) bond motifs is 1. The summed E-state index contributed by atoms with van der Waals surface area (Å²) in [5.74, 6) is 0.810. The van der Waals surface area contributed by atoms with E-state index < -0.39 is 0 Å². The lowest BCUT2D eigenvalue weighted by molar-refractivity contribution is 0.419. The van der Waals surface area contributed by atoms with Gasteiger partial charge < -0.3 is 14.3 Å². The van der Waals surface area contributed by atoms with Crippen LogP contribution in [0.1, 0.15) is 5.69 Å². The van der Waals surface area contributed by atoms with Gasteiger partial charge in [0, 0.05) is 24.9 Å². The summed E-state index contributed by atoms with van der Waals surface area (Å²) in [6.45, 7) is 0.795. The molecule has 1 N–H and O–H groups in total. The number of aromatic nitrogens is 3. The summed E-state index contributed by atoms with van der Waals surface area (Å²) in [6.07, 6.45) is 2.66. The van der Waals surface area contributed by atoms with Crippen LogP contribution in [-0.4, -0.2) is 21.6 Å². The summed E-state index contributed by atoms with van der Waals surface area (Å²) in [5.41, 5.74) is 3.07. The molecule has 0 aliphatic heterocycles. The van der Waals surface area contributed by atoms with Crippen molar-refractivity contribution in [2.24, 2.45) is 0 Å². The van der Waals surface area contributed by atoms with Gasteiger partial charge in [0.25, 0.3) is 0 Å². The fourth-order valence-corrected chi connectivity index (χ4v) is 2.61. The van der Waals surface area contributed by atoms with Gasteiger partial charge in [-0.05, 0) is 36.5 Å². The number of nitrogens with one attached hydrogen (secondary N) is 1. The highest BCUT2D eigenvalue weighted by molar-refractivity contribution is 7.71. The number of imidazole rings is 1. The first-order valence-electron chi connectivity index (χ1n) is 6.45. The lowest BCUT2D eigenvalue weighted by atomic mass is 10.2. The molecular weight excluding hydrogens is 270 g/mol. The van der Waals surface area contributed by atoms with E-state index in [1.807, 2.05) is 42.6 Å². The zero-order valence-electron chi connectivity index (χ0n) is 11.2. The molecule has 0 spiro atoms. The Kier molecular flexibility index (Phi) is 3.52. The first-order valence-corrected chi connectivity index (χ1v) is 6.86. The van der Waals surface area contributed by atoms with Crippen molar-refractivity contribution in [3.63, 3.8) is 0 Å². The number of para-hydroxylation sites is 1. The number of aryl methyl sites for hydroxylation is 2. The van der Waals surface area contributed by atoms with Gasteiger partial charge >= 0.3 is 0 Å². The fourth-order valence-electron chi connectivity index (χ4n) is 2.32. The molecule has 0 aliphatic carbocycles. The van der Waals surface area contributed by atoms with Crippen molar-refractivity contribution in [1.29, 1.82) is 0 Å². The molecule has 0 amide bonds. The molecule has 0 fully saturated rings. The van der Waals surface area contributed by atoms with Crippen molar-refractivity contribution in [2.75, 3.05) is 7.11 Å². The normalized spacial score (nSPS) is 10.8. The quantitative estimate of drug-likeness (QED) is 0.748. The first-order chi connectivity index (χ1) is 9.79. The van der Waals surface area contributed by atoms with E-state index >= 15 is 0 Å². The molecule has 1 aromatic carbocycles. The second-order valence-corrected chi connectivity index (χ2v) is 4.89. The summed E-state index contributed by atoms with van der Waals surface area (Å²) in [6, 6.07) is 11.9. The molecule has 102 valence electrons. The molecule has 2 heterocycles. The molecule has 3 rings (SSSR count). The number of ether oxygens (including phenoxy) is 1. The van der Waals surface area contributed by atoms with E-state index in [1.54, 1.807) is 7.11 Å². The topological polar surface area (TPSA) is 42.8 Å². The summed E-state index contributed by atoms with van der Waals surface area (Å²) >= 11 is 5.41.